The van der Waals surface area contributed by atoms with E-state index in [1.807, 2.05) is 0 Å². The molecule has 0 N–H and O–H groups in total. The van der Waals surface area contributed by atoms with Gasteiger partial charge in [0, 0.05) is 0 Å². The zero-order valence-electron chi connectivity index (χ0n) is 20.4. The molecular weight excluding hydrogens is 388 g/mol. The second-order valence-corrected chi connectivity index (χ2v) is 22.0. The maximum Gasteiger partial charge on any atom is 0.184 e. The Hall–Kier alpha value is 0.0938. The van der Waals surface area contributed by atoms with E-state index in [4.69, 9.17) is 8.85 Å². The van der Waals surface area contributed by atoms with Crippen molar-refractivity contribution in [3.63, 3.8) is 0 Å². The van der Waals surface area contributed by atoms with E-state index in [0.29, 0.717) is 17.6 Å². The normalized spacial score (nSPS) is 45.2. The Morgan fingerprint density at radius 1 is 0.897 bits per heavy atom. The molecule has 0 aromatic heterocycles. The van der Waals surface area contributed by atoms with Gasteiger partial charge in [0.2, 0.25) is 0 Å². The molecule has 2 nitrogen and oxygen atoms in total. The molecule has 4 aliphatic carbocycles. The van der Waals surface area contributed by atoms with E-state index in [0.717, 1.165) is 29.6 Å². The van der Waals surface area contributed by atoms with Gasteiger partial charge in [-0.05, 0) is 119 Å². The minimum absolute atomic E-state index is 0.395. The standard InChI is InChI=1S/C25H46O2Si2/c1-17-15-18-16-19(26-28(3,4)5)9-10-20(18)21-13-14-25(2)22(24(17)21)11-12-23(25)27-29(6,7)8/h16-17,19-24H,9-15H2,1-8H3/t17-,19-,20+,21-,22+,23+,24-,25+/m1/s1. The molecule has 0 bridgehead atoms. The highest BCUT2D eigenvalue weighted by Gasteiger charge is 2.58. The van der Waals surface area contributed by atoms with Crippen molar-refractivity contribution in [2.75, 3.05) is 0 Å². The summed E-state index contributed by atoms with van der Waals surface area (Å²) in [5.41, 5.74) is 2.19. The zero-order chi connectivity index (χ0) is 21.2. The summed E-state index contributed by atoms with van der Waals surface area (Å²) in [4.78, 5) is 0. The molecule has 0 radical (unpaired) electrons. The summed E-state index contributed by atoms with van der Waals surface area (Å²) in [6, 6.07) is 0. The van der Waals surface area contributed by atoms with Crippen LogP contribution >= 0.6 is 0 Å². The monoisotopic (exact) mass is 434 g/mol. The van der Waals surface area contributed by atoms with Gasteiger partial charge in [0.25, 0.3) is 0 Å². The largest absolute Gasteiger partial charge is 0.414 e. The van der Waals surface area contributed by atoms with Crippen molar-refractivity contribution in [3.05, 3.63) is 11.6 Å². The molecule has 4 heteroatoms. The lowest BCUT2D eigenvalue weighted by Crippen LogP contribution is -2.52. The van der Waals surface area contributed by atoms with E-state index in [-0.39, 0.29) is 0 Å². The van der Waals surface area contributed by atoms with Crippen molar-refractivity contribution in [2.24, 2.45) is 35.0 Å². The summed E-state index contributed by atoms with van der Waals surface area (Å²) in [6.45, 7) is 19.3. The molecule has 4 rings (SSSR count). The van der Waals surface area contributed by atoms with E-state index in [9.17, 15) is 0 Å². The highest BCUT2D eigenvalue weighted by atomic mass is 28.4. The number of rotatable bonds is 4. The molecule has 4 aliphatic rings. The first-order valence-corrected chi connectivity index (χ1v) is 19.3. The van der Waals surface area contributed by atoms with Crippen LogP contribution in [0.4, 0.5) is 0 Å². The summed E-state index contributed by atoms with van der Waals surface area (Å²) < 4.78 is 13.3. The molecule has 0 aliphatic heterocycles. The molecule has 29 heavy (non-hydrogen) atoms. The van der Waals surface area contributed by atoms with Gasteiger partial charge in [-0.25, -0.2) is 0 Å². The van der Waals surface area contributed by atoms with Crippen LogP contribution in [0, 0.1) is 35.0 Å². The number of hydrogen-bond donors (Lipinski definition) is 0. The van der Waals surface area contributed by atoms with E-state index >= 15 is 0 Å². The third-order valence-corrected chi connectivity index (χ3v) is 10.7. The molecule has 3 saturated carbocycles. The van der Waals surface area contributed by atoms with Crippen LogP contribution in [-0.4, -0.2) is 28.8 Å². The molecule has 0 aromatic rings. The summed E-state index contributed by atoms with van der Waals surface area (Å²) in [6.07, 6.45) is 13.0. The lowest BCUT2D eigenvalue weighted by molar-refractivity contribution is -0.0671. The second-order valence-electron chi connectivity index (χ2n) is 13.1. The predicted octanol–water partition coefficient (Wildman–Crippen LogP) is 7.25. The van der Waals surface area contributed by atoms with Crippen molar-refractivity contribution in [1.82, 2.24) is 0 Å². The van der Waals surface area contributed by atoms with Crippen LogP contribution in [0.15, 0.2) is 11.6 Å². The second kappa shape index (κ2) is 7.60. The topological polar surface area (TPSA) is 18.5 Å². The van der Waals surface area contributed by atoms with Crippen LogP contribution in [-0.2, 0) is 8.85 Å². The smallest absolute Gasteiger partial charge is 0.184 e. The van der Waals surface area contributed by atoms with Gasteiger partial charge in [-0.1, -0.05) is 25.5 Å². The first-order valence-electron chi connectivity index (χ1n) is 12.4. The van der Waals surface area contributed by atoms with Crippen LogP contribution in [0.1, 0.15) is 58.8 Å². The molecule has 0 saturated heterocycles. The average molecular weight is 435 g/mol. The molecule has 8 atom stereocenters. The van der Waals surface area contributed by atoms with Crippen LogP contribution in [0.3, 0.4) is 0 Å². The predicted molar refractivity (Wildman–Crippen MR) is 128 cm³/mol. The summed E-state index contributed by atoms with van der Waals surface area (Å²) >= 11 is 0. The summed E-state index contributed by atoms with van der Waals surface area (Å²) in [7, 11) is -2.94. The van der Waals surface area contributed by atoms with Gasteiger partial charge in [-0.3, -0.25) is 0 Å². The van der Waals surface area contributed by atoms with Crippen LogP contribution in [0.25, 0.3) is 0 Å². The van der Waals surface area contributed by atoms with E-state index in [1.165, 1.54) is 44.9 Å². The third kappa shape index (κ3) is 4.38. The van der Waals surface area contributed by atoms with E-state index < -0.39 is 16.6 Å². The summed E-state index contributed by atoms with van der Waals surface area (Å²) in [5.74, 6) is 4.39. The number of allylic oxidation sites excluding steroid dienone is 1. The van der Waals surface area contributed by atoms with Gasteiger partial charge in [-0.2, -0.15) is 0 Å². The fraction of sp³-hybridized carbons (Fsp3) is 0.920. The van der Waals surface area contributed by atoms with Crippen LogP contribution < -0.4 is 0 Å². The average Bonchev–Trinajstić information content (AvgIpc) is 2.88. The third-order valence-electron chi connectivity index (χ3n) is 8.67. The number of fused-ring (bicyclic) bond motifs is 5. The molecule has 0 unspecified atom stereocenters. The Kier molecular flexibility index (Phi) is 5.84. The highest BCUT2D eigenvalue weighted by Crippen LogP contribution is 2.64. The Morgan fingerprint density at radius 3 is 2.24 bits per heavy atom. The Bertz CT molecular complexity index is 646. The lowest BCUT2D eigenvalue weighted by atomic mass is 9.49. The maximum absolute atomic E-state index is 6.77. The first kappa shape index (κ1) is 22.3. The van der Waals surface area contributed by atoms with Gasteiger partial charge in [0.1, 0.15) is 0 Å². The van der Waals surface area contributed by atoms with Crippen molar-refractivity contribution >= 4 is 16.6 Å². The molecule has 166 valence electrons. The molecule has 0 amide bonds. The molecule has 3 fully saturated rings. The molecule has 0 heterocycles. The Balaban J connectivity index is 1.53. The van der Waals surface area contributed by atoms with Crippen molar-refractivity contribution in [3.8, 4) is 0 Å². The summed E-state index contributed by atoms with van der Waals surface area (Å²) in [5, 5.41) is 0. The highest BCUT2D eigenvalue weighted by molar-refractivity contribution is 6.70. The van der Waals surface area contributed by atoms with Gasteiger partial charge in [-0.15, -0.1) is 0 Å². The molecule has 0 aromatic carbocycles. The van der Waals surface area contributed by atoms with Crippen molar-refractivity contribution in [2.45, 2.75) is 110 Å². The van der Waals surface area contributed by atoms with Crippen LogP contribution in [0.5, 0.6) is 0 Å². The number of hydrogen-bond acceptors (Lipinski definition) is 2. The molecular formula is C25H46O2Si2. The molecule has 0 spiro atoms. The van der Waals surface area contributed by atoms with Gasteiger partial charge in [0.15, 0.2) is 16.6 Å². The van der Waals surface area contributed by atoms with Gasteiger partial charge >= 0.3 is 0 Å². The zero-order valence-corrected chi connectivity index (χ0v) is 22.4. The first-order chi connectivity index (χ1) is 13.4. The SMILES string of the molecule is C[C@@H]1CC2=C[C@H](O[Si](C)(C)C)CC[C@@H]2[C@H]2CC[C@]3(C)[C@@H](O[Si](C)(C)C)CC[C@H]3[C@@H]21. The fourth-order valence-corrected chi connectivity index (χ4v) is 10.2. The minimum Gasteiger partial charge on any atom is -0.414 e. The van der Waals surface area contributed by atoms with E-state index in [2.05, 4.69) is 59.2 Å². The van der Waals surface area contributed by atoms with Gasteiger partial charge < -0.3 is 8.85 Å². The minimum atomic E-state index is -1.48. The van der Waals surface area contributed by atoms with Gasteiger partial charge in [0.05, 0.1) is 12.2 Å². The van der Waals surface area contributed by atoms with Crippen molar-refractivity contribution in [1.29, 1.82) is 0 Å². The van der Waals surface area contributed by atoms with Crippen LogP contribution in [0.2, 0.25) is 39.3 Å². The Morgan fingerprint density at radius 2 is 1.59 bits per heavy atom. The quantitative estimate of drug-likeness (QED) is 0.343. The van der Waals surface area contributed by atoms with Crippen molar-refractivity contribution < 1.29 is 8.85 Å². The lowest BCUT2D eigenvalue weighted by Gasteiger charge is -2.56. The fourth-order valence-electron chi connectivity index (χ4n) is 7.82. The maximum atomic E-state index is 6.77. The van der Waals surface area contributed by atoms with E-state index in [1.54, 1.807) is 5.57 Å². The Labute approximate surface area is 182 Å².